The zero-order valence-corrected chi connectivity index (χ0v) is 19.7. The molecule has 2 aromatic carbocycles. The van der Waals surface area contributed by atoms with Gasteiger partial charge in [0.2, 0.25) is 5.82 Å². The Morgan fingerprint density at radius 2 is 1.94 bits per heavy atom. The van der Waals surface area contributed by atoms with Gasteiger partial charge in [-0.1, -0.05) is 18.2 Å². The number of rotatable bonds is 6. The Morgan fingerprint density at radius 1 is 1.09 bits per heavy atom. The molecule has 0 N–H and O–H groups in total. The second-order valence-corrected chi connectivity index (χ2v) is 8.61. The molecule has 0 amide bonds. The third-order valence-electron chi connectivity index (χ3n) is 6.49. The Labute approximate surface area is 194 Å². The van der Waals surface area contributed by atoms with E-state index in [2.05, 4.69) is 51.6 Å². The summed E-state index contributed by atoms with van der Waals surface area (Å²) < 4.78 is 11.6. The molecule has 3 aromatic rings. The van der Waals surface area contributed by atoms with E-state index in [0.29, 0.717) is 24.9 Å². The van der Waals surface area contributed by atoms with Crippen molar-refractivity contribution >= 4 is 5.71 Å². The maximum Gasteiger partial charge on any atom is 0.204 e. The van der Waals surface area contributed by atoms with Crippen molar-refractivity contribution in [2.75, 3.05) is 33.9 Å². The van der Waals surface area contributed by atoms with Crippen LogP contribution in [0.2, 0.25) is 0 Å². The van der Waals surface area contributed by atoms with Crippen LogP contribution in [-0.4, -0.2) is 70.7 Å². The van der Waals surface area contributed by atoms with E-state index in [1.54, 1.807) is 11.9 Å². The molecular weight excluding hydrogens is 416 g/mol. The van der Waals surface area contributed by atoms with E-state index in [4.69, 9.17) is 14.5 Å². The van der Waals surface area contributed by atoms with Gasteiger partial charge in [-0.05, 0) is 62.8 Å². The van der Waals surface area contributed by atoms with Crippen molar-refractivity contribution in [3.8, 4) is 22.9 Å². The average molecular weight is 447 g/mol. The smallest absolute Gasteiger partial charge is 0.204 e. The predicted molar refractivity (Wildman–Crippen MR) is 127 cm³/mol. The van der Waals surface area contributed by atoms with E-state index >= 15 is 0 Å². The van der Waals surface area contributed by atoms with E-state index in [0.717, 1.165) is 53.4 Å². The number of likely N-dealkylation sites (N-methyl/N-ethyl adjacent to an activating group) is 1. The Morgan fingerprint density at radius 3 is 2.70 bits per heavy atom. The first-order valence-electron chi connectivity index (χ1n) is 11.6. The maximum absolute atomic E-state index is 5.93. The lowest BCUT2D eigenvalue weighted by Gasteiger charge is -2.39. The number of benzene rings is 2. The van der Waals surface area contributed by atoms with Crippen LogP contribution in [0.25, 0.3) is 11.4 Å². The molecular formula is C25H30N6O2. The van der Waals surface area contributed by atoms with Crippen LogP contribution in [0, 0.1) is 0 Å². The molecule has 2 aliphatic heterocycles. The molecule has 1 fully saturated rings. The number of piperidine rings is 1. The van der Waals surface area contributed by atoms with Crippen LogP contribution < -0.4 is 9.47 Å². The summed E-state index contributed by atoms with van der Waals surface area (Å²) >= 11 is 0. The molecule has 33 heavy (non-hydrogen) atoms. The van der Waals surface area contributed by atoms with Gasteiger partial charge in [-0.2, -0.15) is 4.80 Å². The lowest BCUT2D eigenvalue weighted by molar-refractivity contribution is 0.226. The summed E-state index contributed by atoms with van der Waals surface area (Å²) in [6.07, 6.45) is 1.03. The number of hydrogen-bond donors (Lipinski definition) is 0. The molecule has 0 aliphatic carbocycles. The number of aliphatic imine (C=N–C) groups is 1. The first-order chi connectivity index (χ1) is 16.1. The molecule has 1 saturated heterocycles. The Kier molecular flexibility index (Phi) is 5.85. The fraction of sp³-hybridized carbons (Fsp3) is 0.440. The standard InChI is InChI=1S/C25H30N6O2/c1-5-31-28-25(27-29-31)17-9-7-8-16(12-17)24-19-14-22(32-4)23(33-6-2)13-18(19)20-15-30(3)11-10-21(20)26-24/h7-9,12-14,20-21H,5-6,10-11,15H2,1-4H3/t20-,21-/m1/s1. The third-order valence-corrected chi connectivity index (χ3v) is 6.49. The summed E-state index contributed by atoms with van der Waals surface area (Å²) in [6.45, 7) is 7.31. The molecule has 1 aromatic heterocycles. The van der Waals surface area contributed by atoms with Crippen molar-refractivity contribution in [2.24, 2.45) is 4.99 Å². The van der Waals surface area contributed by atoms with Gasteiger partial charge >= 0.3 is 0 Å². The Bertz CT molecular complexity index is 1190. The summed E-state index contributed by atoms with van der Waals surface area (Å²) in [5.41, 5.74) is 5.35. The lowest BCUT2D eigenvalue weighted by atomic mass is 9.79. The van der Waals surface area contributed by atoms with E-state index in [-0.39, 0.29) is 6.04 Å². The van der Waals surface area contributed by atoms with Crippen LogP contribution >= 0.6 is 0 Å². The minimum absolute atomic E-state index is 0.245. The van der Waals surface area contributed by atoms with E-state index in [1.165, 1.54) is 5.56 Å². The first-order valence-corrected chi connectivity index (χ1v) is 11.6. The molecule has 3 heterocycles. The van der Waals surface area contributed by atoms with Crippen molar-refractivity contribution in [3.05, 3.63) is 53.1 Å². The highest BCUT2D eigenvalue weighted by atomic mass is 16.5. The van der Waals surface area contributed by atoms with Gasteiger partial charge in [-0.25, -0.2) is 0 Å². The fourth-order valence-corrected chi connectivity index (χ4v) is 4.84. The molecule has 0 bridgehead atoms. The molecule has 8 nitrogen and oxygen atoms in total. The summed E-state index contributed by atoms with van der Waals surface area (Å²) in [4.78, 5) is 9.27. The third kappa shape index (κ3) is 3.99. The molecule has 0 saturated carbocycles. The number of fused-ring (bicyclic) bond motifs is 3. The van der Waals surface area contributed by atoms with Crippen LogP contribution in [0.1, 0.15) is 42.9 Å². The maximum atomic E-state index is 5.93. The van der Waals surface area contributed by atoms with Crippen LogP contribution in [0.5, 0.6) is 11.5 Å². The average Bonchev–Trinajstić information content (AvgIpc) is 3.33. The number of aromatic nitrogens is 4. The topological polar surface area (TPSA) is 77.7 Å². The summed E-state index contributed by atoms with van der Waals surface area (Å²) in [7, 11) is 3.87. The molecule has 2 atom stereocenters. The second kappa shape index (κ2) is 8.94. The quantitative estimate of drug-likeness (QED) is 0.578. The molecule has 0 radical (unpaired) electrons. The summed E-state index contributed by atoms with van der Waals surface area (Å²) in [5, 5.41) is 12.8. The summed E-state index contributed by atoms with van der Waals surface area (Å²) in [6, 6.07) is 12.8. The van der Waals surface area contributed by atoms with Crippen molar-refractivity contribution < 1.29 is 9.47 Å². The number of ether oxygens (including phenoxy) is 2. The van der Waals surface area contributed by atoms with Gasteiger partial charge in [0.05, 0.1) is 32.0 Å². The number of nitrogens with zero attached hydrogens (tertiary/aromatic N) is 6. The number of aryl methyl sites for hydroxylation is 1. The highest BCUT2D eigenvalue weighted by molar-refractivity contribution is 6.15. The van der Waals surface area contributed by atoms with Gasteiger partial charge in [0, 0.05) is 29.2 Å². The highest BCUT2D eigenvalue weighted by Gasteiger charge is 2.36. The van der Waals surface area contributed by atoms with Crippen molar-refractivity contribution in [1.82, 2.24) is 25.1 Å². The number of likely N-dealkylation sites (tertiary alicyclic amines) is 1. The normalized spacial score (nSPS) is 20.1. The minimum atomic E-state index is 0.245. The molecule has 172 valence electrons. The van der Waals surface area contributed by atoms with Gasteiger partial charge in [0.25, 0.3) is 0 Å². The number of methoxy groups -OCH3 is 1. The highest BCUT2D eigenvalue weighted by Crippen LogP contribution is 2.42. The van der Waals surface area contributed by atoms with E-state index in [1.807, 2.05) is 26.0 Å². The van der Waals surface area contributed by atoms with Gasteiger partial charge in [0.1, 0.15) is 0 Å². The second-order valence-electron chi connectivity index (χ2n) is 8.61. The van der Waals surface area contributed by atoms with Crippen molar-refractivity contribution in [1.29, 1.82) is 0 Å². The Hall–Kier alpha value is -3.26. The molecule has 0 unspecified atom stereocenters. The number of tetrazole rings is 1. The van der Waals surface area contributed by atoms with Crippen LogP contribution in [0.4, 0.5) is 0 Å². The van der Waals surface area contributed by atoms with Gasteiger partial charge in [-0.3, -0.25) is 4.99 Å². The van der Waals surface area contributed by atoms with Crippen LogP contribution in [-0.2, 0) is 6.54 Å². The van der Waals surface area contributed by atoms with Gasteiger partial charge in [-0.15, -0.1) is 10.2 Å². The largest absolute Gasteiger partial charge is 0.493 e. The van der Waals surface area contributed by atoms with Crippen LogP contribution in [0.3, 0.4) is 0 Å². The predicted octanol–water partition coefficient (Wildman–Crippen LogP) is 3.41. The SMILES string of the molecule is CCOc1cc2c(cc1OC)C(c1cccc(-c3nnn(CC)n3)c1)=N[C@@H]1CCN(C)C[C@H]21. The van der Waals surface area contributed by atoms with E-state index in [9.17, 15) is 0 Å². The van der Waals surface area contributed by atoms with Gasteiger partial charge in [0.15, 0.2) is 11.5 Å². The zero-order chi connectivity index (χ0) is 22.9. The lowest BCUT2D eigenvalue weighted by Crippen LogP contribution is -2.41. The van der Waals surface area contributed by atoms with E-state index < -0.39 is 0 Å². The van der Waals surface area contributed by atoms with Crippen LogP contribution in [0.15, 0.2) is 41.4 Å². The number of hydrogen-bond acceptors (Lipinski definition) is 7. The molecule has 5 rings (SSSR count). The zero-order valence-electron chi connectivity index (χ0n) is 19.7. The van der Waals surface area contributed by atoms with Gasteiger partial charge < -0.3 is 14.4 Å². The minimum Gasteiger partial charge on any atom is -0.493 e. The Balaban J connectivity index is 1.63. The monoisotopic (exact) mass is 446 g/mol. The van der Waals surface area contributed by atoms with Crippen molar-refractivity contribution in [2.45, 2.75) is 38.8 Å². The fourth-order valence-electron chi connectivity index (χ4n) is 4.84. The molecule has 8 heteroatoms. The first kappa shape index (κ1) is 21.6. The molecule has 2 aliphatic rings. The van der Waals surface area contributed by atoms with Crippen molar-refractivity contribution in [3.63, 3.8) is 0 Å². The molecule has 0 spiro atoms. The summed E-state index contributed by atoms with van der Waals surface area (Å²) in [5.74, 6) is 2.48.